The third kappa shape index (κ3) is 2.80. The van der Waals surface area contributed by atoms with Gasteiger partial charge in [0, 0.05) is 25.9 Å². The number of hydrogen-bond acceptors (Lipinski definition) is 3. The molecule has 0 bridgehead atoms. The van der Waals surface area contributed by atoms with Crippen LogP contribution in [0.3, 0.4) is 0 Å². The molecule has 4 rings (SSSR count). The molecule has 0 aliphatic carbocycles. The molecule has 2 aromatic rings. The predicted octanol–water partition coefficient (Wildman–Crippen LogP) is 3.27. The van der Waals surface area contributed by atoms with E-state index in [1.807, 2.05) is 6.07 Å². The Morgan fingerprint density at radius 2 is 1.81 bits per heavy atom. The van der Waals surface area contributed by atoms with E-state index in [0.29, 0.717) is 42.2 Å². The van der Waals surface area contributed by atoms with Crippen molar-refractivity contribution in [3.05, 3.63) is 64.4 Å². The fourth-order valence-corrected chi connectivity index (χ4v) is 3.83. The Hall–Kier alpha value is -2.60. The smallest absolute Gasteiger partial charge is 0.256 e. The van der Waals surface area contributed by atoms with E-state index in [1.54, 1.807) is 29.2 Å². The number of carbonyl (C=O) groups is 2. The highest BCUT2D eigenvalue weighted by molar-refractivity contribution is 6.34. The lowest BCUT2D eigenvalue weighted by atomic mass is 9.92. The summed E-state index contributed by atoms with van der Waals surface area (Å²) >= 11 is 6.12. The zero-order valence-electron chi connectivity index (χ0n) is 13.9. The van der Waals surface area contributed by atoms with E-state index in [-0.39, 0.29) is 17.4 Å². The average Bonchev–Trinajstić information content (AvgIpc) is 2.62. The zero-order chi connectivity index (χ0) is 18.3. The quantitative estimate of drug-likeness (QED) is 0.806. The summed E-state index contributed by atoms with van der Waals surface area (Å²) in [5, 5.41) is 6.76. The Morgan fingerprint density at radius 1 is 1.08 bits per heavy atom. The second-order valence-corrected chi connectivity index (χ2v) is 7.00. The van der Waals surface area contributed by atoms with E-state index in [4.69, 9.17) is 11.6 Å². The first kappa shape index (κ1) is 16.8. The molecule has 134 valence electrons. The van der Waals surface area contributed by atoms with Crippen LogP contribution in [-0.2, 0) is 0 Å². The number of anilines is 1. The standard InChI is InChI=1S/C19H17ClFN3O2/c20-13-5-3-7-15-16(13)17(25)23-19(22-15)8-10-24(11-9-19)18(26)12-4-1-2-6-14(12)21/h1-7,22H,8-11H2,(H,23,25). The van der Waals surface area contributed by atoms with Crippen LogP contribution in [0.25, 0.3) is 0 Å². The number of likely N-dealkylation sites (tertiary alicyclic amines) is 1. The van der Waals surface area contributed by atoms with Crippen LogP contribution in [0.4, 0.5) is 10.1 Å². The lowest BCUT2D eigenvalue weighted by Gasteiger charge is -2.46. The molecule has 2 N–H and O–H groups in total. The van der Waals surface area contributed by atoms with E-state index >= 15 is 0 Å². The van der Waals surface area contributed by atoms with Gasteiger partial charge in [-0.2, -0.15) is 0 Å². The SMILES string of the molecule is O=C1NC2(CCN(C(=O)c3ccccc3F)CC2)Nc2cccc(Cl)c21. The molecule has 7 heteroatoms. The number of fused-ring (bicyclic) bond motifs is 1. The van der Waals surface area contributed by atoms with Gasteiger partial charge in [0.2, 0.25) is 0 Å². The highest BCUT2D eigenvalue weighted by Crippen LogP contribution is 2.34. The number of halogens is 2. The first-order chi connectivity index (χ1) is 12.5. The topological polar surface area (TPSA) is 61.4 Å². The third-order valence-corrected chi connectivity index (χ3v) is 5.29. The van der Waals surface area contributed by atoms with Crippen LogP contribution in [0.1, 0.15) is 33.6 Å². The average molecular weight is 374 g/mol. The number of piperidine rings is 1. The van der Waals surface area contributed by atoms with Gasteiger partial charge in [0.15, 0.2) is 0 Å². The van der Waals surface area contributed by atoms with Gasteiger partial charge >= 0.3 is 0 Å². The Kier molecular flexibility index (Phi) is 4.07. The number of carbonyl (C=O) groups excluding carboxylic acids is 2. The van der Waals surface area contributed by atoms with Gasteiger partial charge in [0.05, 0.1) is 21.8 Å². The molecule has 0 aromatic heterocycles. The molecule has 1 spiro atoms. The summed E-state index contributed by atoms with van der Waals surface area (Å²) in [5.41, 5.74) is 0.571. The van der Waals surface area contributed by atoms with Gasteiger partial charge < -0.3 is 15.5 Å². The Labute approximate surface area is 155 Å². The van der Waals surface area contributed by atoms with E-state index in [9.17, 15) is 14.0 Å². The van der Waals surface area contributed by atoms with Crippen molar-refractivity contribution in [2.75, 3.05) is 18.4 Å². The van der Waals surface area contributed by atoms with E-state index in [2.05, 4.69) is 10.6 Å². The van der Waals surface area contributed by atoms with Crippen molar-refractivity contribution in [1.82, 2.24) is 10.2 Å². The summed E-state index contributed by atoms with van der Waals surface area (Å²) in [6.07, 6.45) is 1.04. The molecular weight excluding hydrogens is 357 g/mol. The molecule has 1 saturated heterocycles. The minimum atomic E-state index is -0.624. The van der Waals surface area contributed by atoms with Crippen LogP contribution in [0.5, 0.6) is 0 Å². The second-order valence-electron chi connectivity index (χ2n) is 6.60. The van der Waals surface area contributed by atoms with E-state index in [1.165, 1.54) is 12.1 Å². The van der Waals surface area contributed by atoms with Gasteiger partial charge in [-0.3, -0.25) is 9.59 Å². The van der Waals surface area contributed by atoms with Crippen molar-refractivity contribution in [3.63, 3.8) is 0 Å². The van der Waals surface area contributed by atoms with Crippen LogP contribution in [-0.4, -0.2) is 35.5 Å². The zero-order valence-corrected chi connectivity index (χ0v) is 14.6. The van der Waals surface area contributed by atoms with Crippen LogP contribution >= 0.6 is 11.6 Å². The van der Waals surface area contributed by atoms with Gasteiger partial charge in [-0.15, -0.1) is 0 Å². The Morgan fingerprint density at radius 3 is 2.54 bits per heavy atom. The number of benzene rings is 2. The molecule has 2 amide bonds. The van der Waals surface area contributed by atoms with Crippen molar-refractivity contribution in [3.8, 4) is 0 Å². The molecule has 0 atom stereocenters. The van der Waals surface area contributed by atoms with E-state index < -0.39 is 11.5 Å². The number of hydrogen-bond donors (Lipinski definition) is 2. The van der Waals surface area contributed by atoms with Crippen molar-refractivity contribution < 1.29 is 14.0 Å². The van der Waals surface area contributed by atoms with Gasteiger partial charge in [-0.1, -0.05) is 29.8 Å². The van der Waals surface area contributed by atoms with Crippen molar-refractivity contribution >= 4 is 29.1 Å². The molecule has 5 nitrogen and oxygen atoms in total. The molecule has 2 aromatic carbocycles. The molecule has 0 saturated carbocycles. The molecular formula is C19H17ClFN3O2. The minimum absolute atomic E-state index is 0.0706. The second kappa shape index (κ2) is 6.29. The Balaban J connectivity index is 1.51. The first-order valence-electron chi connectivity index (χ1n) is 8.42. The maximum absolute atomic E-state index is 13.9. The fraction of sp³-hybridized carbons (Fsp3) is 0.263. The molecule has 2 aliphatic heterocycles. The Bertz CT molecular complexity index is 894. The molecule has 0 unspecified atom stereocenters. The molecule has 2 heterocycles. The van der Waals surface area contributed by atoms with E-state index in [0.717, 1.165) is 0 Å². The largest absolute Gasteiger partial charge is 0.362 e. The molecule has 0 radical (unpaired) electrons. The lowest BCUT2D eigenvalue weighted by Crippen LogP contribution is -2.62. The molecule has 2 aliphatic rings. The molecule has 26 heavy (non-hydrogen) atoms. The van der Waals surface area contributed by atoms with Crippen molar-refractivity contribution in [2.45, 2.75) is 18.5 Å². The number of amides is 2. The van der Waals surface area contributed by atoms with Gasteiger partial charge in [0.1, 0.15) is 11.5 Å². The first-order valence-corrected chi connectivity index (χ1v) is 8.80. The summed E-state index contributed by atoms with van der Waals surface area (Å²) in [6, 6.07) is 11.3. The molecule has 1 fully saturated rings. The summed E-state index contributed by atoms with van der Waals surface area (Å²) in [4.78, 5) is 26.7. The number of nitrogens with one attached hydrogen (secondary N) is 2. The minimum Gasteiger partial charge on any atom is -0.362 e. The van der Waals surface area contributed by atoms with Gasteiger partial charge in [-0.25, -0.2) is 4.39 Å². The third-order valence-electron chi connectivity index (χ3n) is 4.98. The highest BCUT2D eigenvalue weighted by atomic mass is 35.5. The monoisotopic (exact) mass is 373 g/mol. The van der Waals surface area contributed by atoms with Crippen LogP contribution in [0.15, 0.2) is 42.5 Å². The normalized spacial score (nSPS) is 18.1. The summed E-state index contributed by atoms with van der Waals surface area (Å²) in [6.45, 7) is 0.826. The summed E-state index contributed by atoms with van der Waals surface area (Å²) < 4.78 is 13.9. The lowest BCUT2D eigenvalue weighted by molar-refractivity contribution is 0.0636. The summed E-state index contributed by atoms with van der Waals surface area (Å²) in [5.74, 6) is -1.08. The fourth-order valence-electron chi connectivity index (χ4n) is 3.57. The van der Waals surface area contributed by atoms with Gasteiger partial charge in [-0.05, 0) is 24.3 Å². The van der Waals surface area contributed by atoms with Crippen LogP contribution in [0, 0.1) is 5.82 Å². The summed E-state index contributed by atoms with van der Waals surface area (Å²) in [7, 11) is 0. The van der Waals surface area contributed by atoms with Gasteiger partial charge in [0.25, 0.3) is 11.8 Å². The number of rotatable bonds is 1. The number of nitrogens with zero attached hydrogens (tertiary/aromatic N) is 1. The maximum atomic E-state index is 13.9. The van der Waals surface area contributed by atoms with Crippen molar-refractivity contribution in [1.29, 1.82) is 0 Å². The maximum Gasteiger partial charge on any atom is 0.256 e. The van der Waals surface area contributed by atoms with Crippen molar-refractivity contribution in [2.24, 2.45) is 0 Å². The van der Waals surface area contributed by atoms with Crippen LogP contribution < -0.4 is 10.6 Å². The highest BCUT2D eigenvalue weighted by Gasteiger charge is 2.41. The predicted molar refractivity (Wildman–Crippen MR) is 96.8 cm³/mol. The van der Waals surface area contributed by atoms with Crippen LogP contribution in [0.2, 0.25) is 5.02 Å².